The van der Waals surface area contributed by atoms with Crippen LogP contribution in [0.3, 0.4) is 0 Å². The molecule has 0 aliphatic carbocycles. The predicted molar refractivity (Wildman–Crippen MR) is 95.8 cm³/mol. The van der Waals surface area contributed by atoms with Crippen molar-refractivity contribution < 1.29 is 9.63 Å². The highest BCUT2D eigenvalue weighted by Gasteiger charge is 2.19. The highest BCUT2D eigenvalue weighted by molar-refractivity contribution is 5.60. The van der Waals surface area contributed by atoms with Gasteiger partial charge in [0.25, 0.3) is 0 Å². The highest BCUT2D eigenvalue weighted by atomic mass is 16.5. The van der Waals surface area contributed by atoms with Crippen LogP contribution in [-0.4, -0.2) is 38.6 Å². The second kappa shape index (κ2) is 7.63. The lowest BCUT2D eigenvalue weighted by Crippen LogP contribution is -2.25. The number of aromatic nitrogens is 3. The number of rotatable bonds is 7. The minimum absolute atomic E-state index is 0.125. The summed E-state index contributed by atoms with van der Waals surface area (Å²) in [4.78, 5) is 2.17. The third kappa shape index (κ3) is 3.81. The fourth-order valence-electron chi connectivity index (χ4n) is 3.06. The van der Waals surface area contributed by atoms with Crippen LogP contribution < -0.4 is 0 Å². The van der Waals surface area contributed by atoms with Crippen molar-refractivity contribution in [3.63, 3.8) is 0 Å². The Balaban J connectivity index is 1.76. The van der Waals surface area contributed by atoms with Crippen LogP contribution in [0.15, 0.2) is 47.1 Å². The summed E-state index contributed by atoms with van der Waals surface area (Å²) in [5, 5.41) is 17.9. The van der Waals surface area contributed by atoms with Crippen LogP contribution in [0.2, 0.25) is 0 Å². The zero-order valence-electron chi connectivity index (χ0n) is 14.9. The van der Waals surface area contributed by atoms with Crippen molar-refractivity contribution in [2.24, 2.45) is 7.05 Å². The molecule has 25 heavy (non-hydrogen) atoms. The Morgan fingerprint density at radius 2 is 2.04 bits per heavy atom. The zero-order valence-corrected chi connectivity index (χ0v) is 14.9. The molecule has 3 rings (SSSR count). The van der Waals surface area contributed by atoms with Gasteiger partial charge in [0, 0.05) is 37.0 Å². The number of nitrogens with zero attached hydrogens (tertiary/aromatic N) is 4. The molecule has 0 fully saturated rings. The van der Waals surface area contributed by atoms with Gasteiger partial charge in [-0.25, -0.2) is 0 Å². The molecule has 0 radical (unpaired) electrons. The lowest BCUT2D eigenvalue weighted by atomic mass is 10.0. The molecule has 1 unspecified atom stereocenters. The average molecular weight is 340 g/mol. The summed E-state index contributed by atoms with van der Waals surface area (Å²) in [6.07, 6.45) is 2.47. The van der Waals surface area contributed by atoms with E-state index in [1.807, 2.05) is 50.0 Å². The lowest BCUT2D eigenvalue weighted by Gasteiger charge is -2.27. The summed E-state index contributed by atoms with van der Waals surface area (Å²) in [5.74, 6) is 0.791. The van der Waals surface area contributed by atoms with Gasteiger partial charge in [0.1, 0.15) is 5.69 Å². The quantitative estimate of drug-likeness (QED) is 0.716. The van der Waals surface area contributed by atoms with Crippen molar-refractivity contribution in [3.05, 3.63) is 59.6 Å². The van der Waals surface area contributed by atoms with E-state index < -0.39 is 0 Å². The Hall–Kier alpha value is -2.44. The first-order valence-corrected chi connectivity index (χ1v) is 8.40. The Kier molecular flexibility index (Phi) is 5.31. The molecule has 1 aromatic carbocycles. The van der Waals surface area contributed by atoms with E-state index in [1.165, 1.54) is 5.56 Å². The molecule has 132 valence electrons. The van der Waals surface area contributed by atoms with E-state index in [0.29, 0.717) is 13.0 Å². The van der Waals surface area contributed by atoms with Gasteiger partial charge in [-0.3, -0.25) is 9.58 Å². The van der Waals surface area contributed by atoms with Gasteiger partial charge in [0.2, 0.25) is 0 Å². The summed E-state index contributed by atoms with van der Waals surface area (Å²) in [5.41, 5.74) is 4.01. The van der Waals surface area contributed by atoms with E-state index in [9.17, 15) is 5.11 Å². The molecule has 6 heteroatoms. The molecule has 0 aliphatic rings. The van der Waals surface area contributed by atoms with Crippen molar-refractivity contribution in [2.75, 3.05) is 13.7 Å². The van der Waals surface area contributed by atoms with Gasteiger partial charge in [0.15, 0.2) is 5.76 Å². The summed E-state index contributed by atoms with van der Waals surface area (Å²) < 4.78 is 7.35. The molecule has 2 aromatic heterocycles. The van der Waals surface area contributed by atoms with Crippen molar-refractivity contribution in [1.29, 1.82) is 0 Å². The molecule has 6 nitrogen and oxygen atoms in total. The lowest BCUT2D eigenvalue weighted by molar-refractivity contribution is 0.166. The van der Waals surface area contributed by atoms with E-state index in [-0.39, 0.29) is 12.6 Å². The number of benzene rings is 1. The molecule has 1 N–H and O–H groups in total. The van der Waals surface area contributed by atoms with Crippen LogP contribution in [0.1, 0.15) is 29.5 Å². The fourth-order valence-corrected chi connectivity index (χ4v) is 3.06. The maximum Gasteiger partial charge on any atom is 0.151 e. The summed E-state index contributed by atoms with van der Waals surface area (Å²) in [6.45, 7) is 2.77. The number of hydrogen-bond donors (Lipinski definition) is 1. The molecule has 0 saturated heterocycles. The first-order chi connectivity index (χ1) is 12.1. The van der Waals surface area contributed by atoms with Gasteiger partial charge in [0.05, 0.1) is 12.7 Å². The Labute approximate surface area is 147 Å². The number of hydrogen-bond acceptors (Lipinski definition) is 5. The smallest absolute Gasteiger partial charge is 0.151 e. The molecule has 0 amide bonds. The first kappa shape index (κ1) is 17.4. The van der Waals surface area contributed by atoms with Gasteiger partial charge >= 0.3 is 0 Å². The van der Waals surface area contributed by atoms with E-state index >= 15 is 0 Å². The third-order valence-corrected chi connectivity index (χ3v) is 4.59. The fraction of sp³-hybridized carbons (Fsp3) is 0.368. The maximum atomic E-state index is 9.43. The summed E-state index contributed by atoms with van der Waals surface area (Å²) >= 11 is 0. The number of aryl methyl sites for hydroxylation is 1. The standard InChI is InChI=1S/C19H24N4O2/c1-14-17(12-20-23(14)3)18-11-16(25-21-18)13-22(2)19(9-10-24)15-7-5-4-6-8-15/h4-8,11-12,19,24H,9-10,13H2,1-3H3. The van der Waals surface area contributed by atoms with Crippen molar-refractivity contribution in [2.45, 2.75) is 25.9 Å². The Bertz CT molecular complexity index is 810. The van der Waals surface area contributed by atoms with Gasteiger partial charge in [-0.05, 0) is 26.0 Å². The summed E-state index contributed by atoms with van der Waals surface area (Å²) in [6, 6.07) is 12.3. The summed E-state index contributed by atoms with van der Waals surface area (Å²) in [7, 11) is 3.94. The topological polar surface area (TPSA) is 67.3 Å². The minimum Gasteiger partial charge on any atom is -0.396 e. The average Bonchev–Trinajstić information content (AvgIpc) is 3.20. The second-order valence-corrected chi connectivity index (χ2v) is 6.30. The van der Waals surface area contributed by atoms with Crippen LogP contribution in [-0.2, 0) is 13.6 Å². The molecule has 0 bridgehead atoms. The number of aliphatic hydroxyl groups is 1. The SMILES string of the molecule is Cc1c(-c2cc(CN(C)C(CCO)c3ccccc3)on2)cnn1C. The van der Waals surface area contributed by atoms with E-state index in [4.69, 9.17) is 4.52 Å². The second-order valence-electron chi connectivity index (χ2n) is 6.30. The van der Waals surface area contributed by atoms with Crippen molar-refractivity contribution in [3.8, 4) is 11.3 Å². The van der Waals surface area contributed by atoms with E-state index in [1.54, 1.807) is 6.20 Å². The third-order valence-electron chi connectivity index (χ3n) is 4.59. The largest absolute Gasteiger partial charge is 0.396 e. The Morgan fingerprint density at radius 3 is 2.68 bits per heavy atom. The molecule has 0 aliphatic heterocycles. The van der Waals surface area contributed by atoms with Crippen molar-refractivity contribution in [1.82, 2.24) is 19.8 Å². The normalized spacial score (nSPS) is 12.7. The monoisotopic (exact) mass is 340 g/mol. The maximum absolute atomic E-state index is 9.43. The molecule has 1 atom stereocenters. The van der Waals surface area contributed by atoms with E-state index in [0.717, 1.165) is 22.7 Å². The predicted octanol–water partition coefficient (Wildman–Crippen LogP) is 2.94. The molecule has 0 spiro atoms. The zero-order chi connectivity index (χ0) is 17.8. The van der Waals surface area contributed by atoms with Crippen LogP contribution >= 0.6 is 0 Å². The van der Waals surface area contributed by atoms with Crippen molar-refractivity contribution >= 4 is 0 Å². The van der Waals surface area contributed by atoms with Crippen LogP contribution in [0.5, 0.6) is 0 Å². The molecule has 0 saturated carbocycles. The van der Waals surface area contributed by atoms with Gasteiger partial charge in [-0.15, -0.1) is 0 Å². The minimum atomic E-state index is 0.125. The molecular formula is C19H24N4O2. The van der Waals surface area contributed by atoms with Gasteiger partial charge in [-0.1, -0.05) is 35.5 Å². The van der Waals surface area contributed by atoms with Crippen LogP contribution in [0, 0.1) is 6.92 Å². The Morgan fingerprint density at radius 1 is 1.28 bits per heavy atom. The van der Waals surface area contributed by atoms with Gasteiger partial charge in [-0.2, -0.15) is 5.10 Å². The first-order valence-electron chi connectivity index (χ1n) is 8.40. The van der Waals surface area contributed by atoms with Crippen LogP contribution in [0.25, 0.3) is 11.3 Å². The molecule has 2 heterocycles. The highest BCUT2D eigenvalue weighted by Crippen LogP contribution is 2.26. The molecular weight excluding hydrogens is 316 g/mol. The number of aliphatic hydroxyl groups excluding tert-OH is 1. The van der Waals surface area contributed by atoms with E-state index in [2.05, 4.69) is 27.3 Å². The van der Waals surface area contributed by atoms with Crippen LogP contribution in [0.4, 0.5) is 0 Å². The molecule has 3 aromatic rings. The van der Waals surface area contributed by atoms with Gasteiger partial charge < -0.3 is 9.63 Å².